The minimum absolute atomic E-state index is 0.0415. The number of nitrogens with zero attached hydrogens (tertiary/aromatic N) is 2. The summed E-state index contributed by atoms with van der Waals surface area (Å²) in [6.45, 7) is 1.57. The highest BCUT2D eigenvalue weighted by molar-refractivity contribution is 7.92. The van der Waals surface area contributed by atoms with Gasteiger partial charge in [-0.1, -0.05) is 6.07 Å². The van der Waals surface area contributed by atoms with Crippen LogP contribution in [0.4, 0.5) is 5.95 Å². The van der Waals surface area contributed by atoms with Crippen molar-refractivity contribution in [3.63, 3.8) is 0 Å². The molecule has 0 spiro atoms. The van der Waals surface area contributed by atoms with E-state index < -0.39 is 16.0 Å². The summed E-state index contributed by atoms with van der Waals surface area (Å²) in [7, 11) is -3.92. The molecular weight excluding hydrogens is 272 g/mol. The molecule has 0 aliphatic carbocycles. The molecule has 0 unspecified atom stereocenters. The minimum Gasteiger partial charge on any atom is -0.478 e. The van der Waals surface area contributed by atoms with Crippen molar-refractivity contribution in [1.29, 1.82) is 0 Å². The molecule has 0 bridgehead atoms. The summed E-state index contributed by atoms with van der Waals surface area (Å²) in [5.74, 6) is -1.24. The van der Waals surface area contributed by atoms with Gasteiger partial charge in [0.1, 0.15) is 6.33 Å². The van der Waals surface area contributed by atoms with Gasteiger partial charge in [-0.15, -0.1) is 0 Å². The summed E-state index contributed by atoms with van der Waals surface area (Å²) in [4.78, 5) is 14.4. The first-order valence-electron chi connectivity index (χ1n) is 5.12. The molecule has 3 N–H and O–H groups in total. The van der Waals surface area contributed by atoms with Gasteiger partial charge in [-0.2, -0.15) is 10.1 Å². The van der Waals surface area contributed by atoms with Crippen LogP contribution in [-0.2, 0) is 10.0 Å². The third-order valence-electron chi connectivity index (χ3n) is 2.37. The molecule has 0 amide bonds. The Balaban J connectivity index is 2.45. The Labute approximate surface area is 108 Å². The molecule has 0 saturated heterocycles. The van der Waals surface area contributed by atoms with Crippen LogP contribution in [0.1, 0.15) is 15.9 Å². The van der Waals surface area contributed by atoms with Crippen LogP contribution in [0.5, 0.6) is 0 Å². The Kier molecular flexibility index (Phi) is 3.21. The molecule has 0 saturated carbocycles. The molecule has 1 aromatic carbocycles. The summed E-state index contributed by atoms with van der Waals surface area (Å²) in [6.07, 6.45) is 1.15. The van der Waals surface area contributed by atoms with E-state index in [9.17, 15) is 13.2 Å². The number of hydrogen-bond donors (Lipinski definition) is 3. The first kappa shape index (κ1) is 13.0. The summed E-state index contributed by atoms with van der Waals surface area (Å²) >= 11 is 0. The van der Waals surface area contributed by atoms with Gasteiger partial charge < -0.3 is 5.11 Å². The molecule has 9 heteroatoms. The monoisotopic (exact) mass is 282 g/mol. The molecular formula is C10H10N4O4S. The van der Waals surface area contributed by atoms with Crippen molar-refractivity contribution in [2.45, 2.75) is 11.8 Å². The van der Waals surface area contributed by atoms with E-state index in [4.69, 9.17) is 5.11 Å². The number of hydrogen-bond acceptors (Lipinski definition) is 5. The average molecular weight is 282 g/mol. The Bertz CT molecular complexity index is 709. The lowest BCUT2D eigenvalue weighted by atomic mass is 10.1. The second kappa shape index (κ2) is 4.69. The normalized spacial score (nSPS) is 11.2. The van der Waals surface area contributed by atoms with Crippen LogP contribution in [0.3, 0.4) is 0 Å². The number of aromatic carboxylic acids is 1. The van der Waals surface area contributed by atoms with Crippen molar-refractivity contribution < 1.29 is 18.3 Å². The fraction of sp³-hybridized carbons (Fsp3) is 0.100. The zero-order valence-corrected chi connectivity index (χ0v) is 10.6. The molecule has 1 heterocycles. The van der Waals surface area contributed by atoms with Crippen molar-refractivity contribution in [1.82, 2.24) is 15.2 Å². The molecule has 0 aliphatic rings. The van der Waals surface area contributed by atoms with E-state index >= 15 is 0 Å². The minimum atomic E-state index is -3.92. The lowest BCUT2D eigenvalue weighted by Crippen LogP contribution is -2.16. The highest BCUT2D eigenvalue weighted by atomic mass is 32.2. The van der Waals surface area contributed by atoms with Crippen molar-refractivity contribution >= 4 is 21.9 Å². The van der Waals surface area contributed by atoms with Gasteiger partial charge in [-0.3, -0.25) is 0 Å². The van der Waals surface area contributed by atoms with E-state index in [1.807, 2.05) is 0 Å². The van der Waals surface area contributed by atoms with Gasteiger partial charge in [0.2, 0.25) is 5.95 Å². The first-order valence-corrected chi connectivity index (χ1v) is 6.60. The topological polar surface area (TPSA) is 125 Å². The maximum atomic E-state index is 12.1. The van der Waals surface area contributed by atoms with Crippen molar-refractivity contribution in [3.05, 3.63) is 35.7 Å². The van der Waals surface area contributed by atoms with Gasteiger partial charge in [-0.05, 0) is 24.6 Å². The number of rotatable bonds is 4. The molecule has 8 nitrogen and oxygen atoms in total. The van der Waals surface area contributed by atoms with Gasteiger partial charge >= 0.3 is 5.97 Å². The van der Waals surface area contributed by atoms with Gasteiger partial charge in [0, 0.05) is 0 Å². The van der Waals surface area contributed by atoms with Crippen molar-refractivity contribution in [3.8, 4) is 0 Å². The van der Waals surface area contributed by atoms with E-state index in [0.717, 1.165) is 12.4 Å². The standard InChI is InChI=1S/C10H10N4O4S/c1-6-2-3-7(9(15)16)4-8(6)19(17,18)14-10-11-5-12-13-10/h2-5H,1H3,(H,15,16)(H2,11,12,13,14). The highest BCUT2D eigenvalue weighted by Crippen LogP contribution is 2.19. The molecule has 2 rings (SSSR count). The predicted octanol–water partition coefficient (Wildman–Crippen LogP) is 0.612. The number of aromatic amines is 1. The Hall–Kier alpha value is -2.42. The number of carbonyl (C=O) groups is 1. The highest BCUT2D eigenvalue weighted by Gasteiger charge is 2.20. The van der Waals surface area contributed by atoms with Crippen molar-refractivity contribution in [2.75, 3.05) is 4.72 Å². The molecule has 100 valence electrons. The first-order chi connectivity index (χ1) is 8.90. The van der Waals surface area contributed by atoms with E-state index in [-0.39, 0.29) is 16.4 Å². The van der Waals surface area contributed by atoms with Crippen LogP contribution in [0.15, 0.2) is 29.4 Å². The van der Waals surface area contributed by atoms with Crippen LogP contribution in [-0.4, -0.2) is 34.7 Å². The van der Waals surface area contributed by atoms with E-state index in [2.05, 4.69) is 19.9 Å². The Morgan fingerprint density at radius 2 is 2.16 bits per heavy atom. The molecule has 19 heavy (non-hydrogen) atoms. The number of sulfonamides is 1. The lowest BCUT2D eigenvalue weighted by molar-refractivity contribution is 0.0696. The summed E-state index contributed by atoms with van der Waals surface area (Å²) in [5, 5.41) is 14.7. The van der Waals surface area contributed by atoms with E-state index in [1.165, 1.54) is 12.1 Å². The maximum absolute atomic E-state index is 12.1. The summed E-state index contributed by atoms with van der Waals surface area (Å²) in [6, 6.07) is 3.86. The number of anilines is 1. The lowest BCUT2D eigenvalue weighted by Gasteiger charge is -2.08. The van der Waals surface area contributed by atoms with Crippen molar-refractivity contribution in [2.24, 2.45) is 0 Å². The van der Waals surface area contributed by atoms with Gasteiger partial charge in [0.05, 0.1) is 10.5 Å². The zero-order valence-electron chi connectivity index (χ0n) is 9.78. The number of carboxylic acid groups (broad SMARTS) is 1. The maximum Gasteiger partial charge on any atom is 0.335 e. The van der Waals surface area contributed by atoms with Gasteiger partial charge in [0.25, 0.3) is 10.0 Å². The van der Waals surface area contributed by atoms with Crippen LogP contribution in [0.25, 0.3) is 0 Å². The summed E-state index contributed by atoms with van der Waals surface area (Å²) < 4.78 is 26.4. The molecule has 0 atom stereocenters. The smallest absolute Gasteiger partial charge is 0.335 e. The molecule has 1 aromatic heterocycles. The second-order valence-electron chi connectivity index (χ2n) is 3.73. The number of benzene rings is 1. The van der Waals surface area contributed by atoms with Crippen LogP contribution in [0.2, 0.25) is 0 Å². The van der Waals surface area contributed by atoms with Gasteiger partial charge in [-0.25, -0.2) is 23.0 Å². The predicted molar refractivity (Wildman–Crippen MR) is 65.3 cm³/mol. The van der Waals surface area contributed by atoms with Crippen LogP contribution < -0.4 is 4.72 Å². The number of aryl methyl sites for hydroxylation is 1. The second-order valence-corrected chi connectivity index (χ2v) is 5.38. The average Bonchev–Trinajstić information content (AvgIpc) is 2.81. The molecule has 0 fully saturated rings. The fourth-order valence-corrected chi connectivity index (χ4v) is 2.70. The zero-order chi connectivity index (χ0) is 14.0. The number of aromatic nitrogens is 3. The number of H-pyrrole nitrogens is 1. The SMILES string of the molecule is Cc1ccc(C(=O)O)cc1S(=O)(=O)Nc1ncn[nH]1. The Morgan fingerprint density at radius 3 is 2.74 bits per heavy atom. The van der Waals surface area contributed by atoms with E-state index in [1.54, 1.807) is 6.92 Å². The summed E-state index contributed by atoms with van der Waals surface area (Å²) in [5.41, 5.74) is 0.320. The third kappa shape index (κ3) is 2.71. The van der Waals surface area contributed by atoms with Crippen LogP contribution in [0, 0.1) is 6.92 Å². The fourth-order valence-electron chi connectivity index (χ4n) is 1.46. The van der Waals surface area contributed by atoms with E-state index in [0.29, 0.717) is 5.56 Å². The largest absolute Gasteiger partial charge is 0.478 e. The Morgan fingerprint density at radius 1 is 1.42 bits per heavy atom. The quantitative estimate of drug-likeness (QED) is 0.754. The number of nitrogens with one attached hydrogen (secondary N) is 2. The molecule has 2 aromatic rings. The third-order valence-corrected chi connectivity index (χ3v) is 3.85. The molecule has 0 radical (unpaired) electrons. The molecule has 0 aliphatic heterocycles. The van der Waals surface area contributed by atoms with Gasteiger partial charge in [0.15, 0.2) is 0 Å². The number of carboxylic acids is 1. The van der Waals surface area contributed by atoms with Crippen LogP contribution >= 0.6 is 0 Å².